The van der Waals surface area contributed by atoms with Crippen LogP contribution in [0.1, 0.15) is 36.4 Å². The third-order valence-electron chi connectivity index (χ3n) is 3.45. The molecule has 0 saturated heterocycles. The predicted molar refractivity (Wildman–Crippen MR) is 83.4 cm³/mol. The minimum Gasteiger partial charge on any atom is -0.303 e. The molecule has 0 aliphatic heterocycles. The number of hydrogen-bond donors (Lipinski definition) is 1. The van der Waals surface area contributed by atoms with Crippen LogP contribution in [0.4, 0.5) is 0 Å². The standard InChI is InChI=1S/C15H17N5S/c1-11(17-12(2)15-7-4-8-21-15)13-5-3-6-14(9-13)20-10-16-18-19-20/h3-12,17H,1-2H3/t11?,12-/m1/s1. The molecule has 3 rings (SSSR count). The van der Waals surface area contributed by atoms with E-state index >= 15 is 0 Å². The second-order valence-electron chi connectivity index (χ2n) is 4.97. The highest BCUT2D eigenvalue weighted by molar-refractivity contribution is 7.10. The lowest BCUT2D eigenvalue weighted by Gasteiger charge is -2.20. The van der Waals surface area contributed by atoms with Crippen LogP contribution >= 0.6 is 11.3 Å². The van der Waals surface area contributed by atoms with Crippen molar-refractivity contribution in [1.29, 1.82) is 0 Å². The fourth-order valence-electron chi connectivity index (χ4n) is 2.31. The van der Waals surface area contributed by atoms with E-state index in [1.54, 1.807) is 22.3 Å². The lowest BCUT2D eigenvalue weighted by Crippen LogP contribution is -2.21. The third-order valence-corrected chi connectivity index (χ3v) is 4.51. The number of tetrazole rings is 1. The molecule has 0 bridgehead atoms. The van der Waals surface area contributed by atoms with Crippen molar-refractivity contribution in [3.05, 3.63) is 58.5 Å². The van der Waals surface area contributed by atoms with Gasteiger partial charge in [-0.3, -0.25) is 0 Å². The predicted octanol–water partition coefficient (Wildman–Crippen LogP) is 3.14. The minimum absolute atomic E-state index is 0.249. The summed E-state index contributed by atoms with van der Waals surface area (Å²) in [6.07, 6.45) is 1.60. The average molecular weight is 299 g/mol. The Morgan fingerprint density at radius 2 is 2.05 bits per heavy atom. The highest BCUT2D eigenvalue weighted by Crippen LogP contribution is 2.23. The molecule has 0 aliphatic carbocycles. The molecule has 0 amide bonds. The van der Waals surface area contributed by atoms with Crippen LogP contribution in [0.25, 0.3) is 5.69 Å². The van der Waals surface area contributed by atoms with Gasteiger partial charge in [0.25, 0.3) is 0 Å². The molecule has 0 fully saturated rings. The second-order valence-corrected chi connectivity index (χ2v) is 5.95. The Kier molecular flexibility index (Phi) is 4.08. The molecule has 5 nitrogen and oxygen atoms in total. The molecule has 6 heteroatoms. The lowest BCUT2D eigenvalue weighted by molar-refractivity contribution is 0.500. The largest absolute Gasteiger partial charge is 0.303 e. The summed E-state index contributed by atoms with van der Waals surface area (Å²) >= 11 is 1.78. The average Bonchev–Trinajstić information content (AvgIpc) is 3.20. The van der Waals surface area contributed by atoms with Crippen LogP contribution in [0, 0.1) is 0 Å². The first kappa shape index (κ1) is 13.9. The van der Waals surface area contributed by atoms with Gasteiger partial charge in [-0.25, -0.2) is 4.68 Å². The quantitative estimate of drug-likeness (QED) is 0.786. The molecule has 108 valence electrons. The van der Waals surface area contributed by atoms with E-state index < -0.39 is 0 Å². The van der Waals surface area contributed by atoms with E-state index in [-0.39, 0.29) is 6.04 Å². The van der Waals surface area contributed by atoms with Crippen LogP contribution in [0.2, 0.25) is 0 Å². The number of nitrogens with one attached hydrogen (secondary N) is 1. The molecule has 0 radical (unpaired) electrons. The molecular weight excluding hydrogens is 282 g/mol. The van der Waals surface area contributed by atoms with Gasteiger partial charge in [-0.05, 0) is 53.4 Å². The number of hydrogen-bond acceptors (Lipinski definition) is 5. The molecule has 0 aliphatic rings. The van der Waals surface area contributed by atoms with E-state index in [1.165, 1.54) is 10.4 Å². The van der Waals surface area contributed by atoms with Crippen molar-refractivity contribution in [1.82, 2.24) is 25.5 Å². The Morgan fingerprint density at radius 1 is 1.14 bits per heavy atom. The van der Waals surface area contributed by atoms with Gasteiger partial charge in [0.05, 0.1) is 5.69 Å². The third kappa shape index (κ3) is 3.17. The monoisotopic (exact) mass is 299 g/mol. The van der Waals surface area contributed by atoms with Gasteiger partial charge >= 0.3 is 0 Å². The first-order valence-corrected chi connectivity index (χ1v) is 7.75. The maximum Gasteiger partial charge on any atom is 0.143 e. The molecule has 2 aromatic heterocycles. The molecule has 1 N–H and O–H groups in total. The molecule has 1 unspecified atom stereocenters. The van der Waals surface area contributed by atoms with Gasteiger partial charge in [-0.2, -0.15) is 0 Å². The molecule has 2 heterocycles. The van der Waals surface area contributed by atoms with Crippen molar-refractivity contribution in [2.75, 3.05) is 0 Å². The van der Waals surface area contributed by atoms with Crippen molar-refractivity contribution >= 4 is 11.3 Å². The van der Waals surface area contributed by atoms with Crippen molar-refractivity contribution in [3.63, 3.8) is 0 Å². The summed E-state index contributed by atoms with van der Waals surface area (Å²) in [4.78, 5) is 1.35. The smallest absolute Gasteiger partial charge is 0.143 e. The Hall–Kier alpha value is -2.05. The Balaban J connectivity index is 1.76. The first-order chi connectivity index (χ1) is 10.2. The maximum absolute atomic E-state index is 3.93. The van der Waals surface area contributed by atoms with Crippen molar-refractivity contribution in [2.24, 2.45) is 0 Å². The first-order valence-electron chi connectivity index (χ1n) is 6.87. The van der Waals surface area contributed by atoms with Crippen LogP contribution in [-0.4, -0.2) is 20.2 Å². The zero-order chi connectivity index (χ0) is 14.7. The van der Waals surface area contributed by atoms with Crippen molar-refractivity contribution in [3.8, 4) is 5.69 Å². The van der Waals surface area contributed by atoms with E-state index in [0.29, 0.717) is 6.04 Å². The van der Waals surface area contributed by atoms with Gasteiger partial charge in [-0.15, -0.1) is 16.4 Å². The summed E-state index contributed by atoms with van der Waals surface area (Å²) in [7, 11) is 0. The van der Waals surface area contributed by atoms with Crippen LogP contribution in [0.5, 0.6) is 0 Å². The minimum atomic E-state index is 0.249. The fraction of sp³-hybridized carbons (Fsp3) is 0.267. The molecular formula is C15H17N5S. The zero-order valence-electron chi connectivity index (χ0n) is 12.0. The van der Waals surface area contributed by atoms with E-state index in [1.807, 2.05) is 12.1 Å². The Labute approximate surface area is 127 Å². The highest BCUT2D eigenvalue weighted by atomic mass is 32.1. The summed E-state index contributed by atoms with van der Waals surface area (Å²) in [5, 5.41) is 17.0. The van der Waals surface area contributed by atoms with Gasteiger partial charge < -0.3 is 5.32 Å². The van der Waals surface area contributed by atoms with Crippen molar-refractivity contribution in [2.45, 2.75) is 25.9 Å². The second kappa shape index (κ2) is 6.15. The number of thiophene rings is 1. The SMILES string of the molecule is CC(N[C@H](C)c1cccs1)c1cccc(-n2cnnn2)c1. The Morgan fingerprint density at radius 3 is 2.76 bits per heavy atom. The van der Waals surface area contributed by atoms with Crippen LogP contribution in [0.15, 0.2) is 48.1 Å². The molecule has 1 aromatic carbocycles. The Bertz CT molecular complexity index is 678. The number of rotatable bonds is 5. The van der Waals surface area contributed by atoms with Crippen LogP contribution in [0.3, 0.4) is 0 Å². The van der Waals surface area contributed by atoms with Gasteiger partial charge in [0.15, 0.2) is 0 Å². The molecule has 0 saturated carbocycles. The van der Waals surface area contributed by atoms with E-state index in [2.05, 4.69) is 64.3 Å². The number of aromatic nitrogens is 4. The van der Waals surface area contributed by atoms with E-state index in [9.17, 15) is 0 Å². The number of nitrogens with zero attached hydrogens (tertiary/aromatic N) is 4. The van der Waals surface area contributed by atoms with E-state index in [0.717, 1.165) is 5.69 Å². The van der Waals surface area contributed by atoms with Gasteiger partial charge in [-0.1, -0.05) is 18.2 Å². The number of benzene rings is 1. The molecule has 2 atom stereocenters. The summed E-state index contributed by atoms with van der Waals surface area (Å²) in [6, 6.07) is 13.1. The summed E-state index contributed by atoms with van der Waals surface area (Å²) in [5.74, 6) is 0. The van der Waals surface area contributed by atoms with E-state index in [4.69, 9.17) is 0 Å². The summed E-state index contributed by atoms with van der Waals surface area (Å²) < 4.78 is 1.67. The summed E-state index contributed by atoms with van der Waals surface area (Å²) in [6.45, 7) is 4.36. The fourth-order valence-corrected chi connectivity index (χ4v) is 3.05. The van der Waals surface area contributed by atoms with Crippen LogP contribution in [-0.2, 0) is 0 Å². The lowest BCUT2D eigenvalue weighted by atomic mass is 10.1. The molecule has 0 spiro atoms. The van der Waals surface area contributed by atoms with Gasteiger partial charge in [0, 0.05) is 17.0 Å². The molecule has 3 aromatic rings. The summed E-state index contributed by atoms with van der Waals surface area (Å²) in [5.41, 5.74) is 2.18. The maximum atomic E-state index is 3.93. The van der Waals surface area contributed by atoms with Crippen molar-refractivity contribution < 1.29 is 0 Å². The van der Waals surface area contributed by atoms with Gasteiger partial charge in [0.1, 0.15) is 6.33 Å². The topological polar surface area (TPSA) is 55.6 Å². The normalized spacial score (nSPS) is 14.0. The van der Waals surface area contributed by atoms with Gasteiger partial charge in [0.2, 0.25) is 0 Å². The van der Waals surface area contributed by atoms with Crippen LogP contribution < -0.4 is 5.32 Å². The molecule has 21 heavy (non-hydrogen) atoms. The highest BCUT2D eigenvalue weighted by Gasteiger charge is 2.12. The zero-order valence-corrected chi connectivity index (χ0v) is 12.8.